The Bertz CT molecular complexity index is 903. The number of furan rings is 1. The molecule has 0 bridgehead atoms. The lowest BCUT2D eigenvalue weighted by Crippen LogP contribution is -2.52. The number of piperazine rings is 1. The molecule has 3 aromatic rings. The number of rotatable bonds is 6. The van der Waals surface area contributed by atoms with E-state index in [-0.39, 0.29) is 24.0 Å². The van der Waals surface area contributed by atoms with Crippen molar-refractivity contribution in [1.29, 1.82) is 0 Å². The van der Waals surface area contributed by atoms with Crippen molar-refractivity contribution in [1.82, 2.24) is 25.4 Å². The van der Waals surface area contributed by atoms with Gasteiger partial charge in [-0.3, -0.25) is 10.1 Å². The first kappa shape index (κ1) is 22.1. The third kappa shape index (κ3) is 5.53. The summed E-state index contributed by atoms with van der Waals surface area (Å²) < 4.78 is 5.33. The van der Waals surface area contributed by atoms with E-state index < -0.39 is 0 Å². The number of guanidine groups is 1. The van der Waals surface area contributed by atoms with Crippen LogP contribution < -0.4 is 10.2 Å². The Hall–Kier alpha value is -2.56. The average Bonchev–Trinajstić information content (AvgIpc) is 3.46. The summed E-state index contributed by atoms with van der Waals surface area (Å²) >= 11 is 0. The van der Waals surface area contributed by atoms with Crippen molar-refractivity contribution in [2.24, 2.45) is 4.99 Å². The van der Waals surface area contributed by atoms with Gasteiger partial charge in [0.1, 0.15) is 5.82 Å². The van der Waals surface area contributed by atoms with Crippen LogP contribution in [-0.2, 0) is 6.42 Å². The van der Waals surface area contributed by atoms with Crippen LogP contribution in [-0.4, -0.2) is 65.3 Å². The number of aliphatic imine (C=N–C) groups is 1. The number of para-hydroxylation sites is 1. The molecular formula is C21H28IN7O. The van der Waals surface area contributed by atoms with Crippen LogP contribution in [0.15, 0.2) is 58.1 Å². The molecule has 1 aromatic carbocycles. The summed E-state index contributed by atoms with van der Waals surface area (Å²) in [6, 6.07) is 14.3. The minimum atomic E-state index is 0. The van der Waals surface area contributed by atoms with E-state index in [9.17, 15) is 0 Å². The van der Waals surface area contributed by atoms with Crippen LogP contribution in [0.3, 0.4) is 0 Å². The van der Waals surface area contributed by atoms with Gasteiger partial charge in [0.25, 0.3) is 0 Å². The zero-order chi connectivity index (χ0) is 19.9. The highest BCUT2D eigenvalue weighted by Crippen LogP contribution is 2.16. The van der Waals surface area contributed by atoms with Gasteiger partial charge in [-0.25, -0.2) is 4.98 Å². The van der Waals surface area contributed by atoms with Crippen LogP contribution in [0.4, 0.5) is 5.69 Å². The maximum atomic E-state index is 5.33. The van der Waals surface area contributed by atoms with Gasteiger partial charge in [0.15, 0.2) is 11.7 Å². The average molecular weight is 521 g/mol. The quantitative estimate of drug-likeness (QED) is 0.295. The maximum absolute atomic E-state index is 5.33. The Kier molecular flexibility index (Phi) is 8.12. The van der Waals surface area contributed by atoms with Gasteiger partial charge >= 0.3 is 0 Å². The van der Waals surface area contributed by atoms with E-state index in [2.05, 4.69) is 67.6 Å². The van der Waals surface area contributed by atoms with E-state index in [1.54, 1.807) is 6.26 Å². The summed E-state index contributed by atoms with van der Waals surface area (Å²) in [6.45, 7) is 7.47. The number of benzene rings is 1. The normalized spacial score (nSPS) is 14.5. The van der Waals surface area contributed by atoms with Crippen LogP contribution >= 0.6 is 24.0 Å². The molecule has 0 aliphatic carbocycles. The van der Waals surface area contributed by atoms with E-state index in [1.165, 1.54) is 5.69 Å². The van der Waals surface area contributed by atoms with Gasteiger partial charge < -0.3 is 19.5 Å². The predicted molar refractivity (Wildman–Crippen MR) is 129 cm³/mol. The highest BCUT2D eigenvalue weighted by atomic mass is 127. The third-order valence-electron chi connectivity index (χ3n) is 4.92. The molecule has 2 aromatic heterocycles. The van der Waals surface area contributed by atoms with Crippen LogP contribution in [0.1, 0.15) is 12.7 Å². The van der Waals surface area contributed by atoms with Gasteiger partial charge in [0.05, 0.1) is 6.26 Å². The van der Waals surface area contributed by atoms with Crippen molar-refractivity contribution in [3.05, 3.63) is 54.6 Å². The van der Waals surface area contributed by atoms with Crippen LogP contribution in [0, 0.1) is 0 Å². The highest BCUT2D eigenvalue weighted by molar-refractivity contribution is 14.0. The number of anilines is 1. The Morgan fingerprint density at radius 1 is 1.13 bits per heavy atom. The molecule has 160 valence electrons. The molecule has 1 saturated heterocycles. The van der Waals surface area contributed by atoms with Gasteiger partial charge in [0.2, 0.25) is 5.82 Å². The number of hydrogen-bond acceptors (Lipinski definition) is 5. The van der Waals surface area contributed by atoms with Gasteiger partial charge in [-0.1, -0.05) is 18.2 Å². The fraction of sp³-hybridized carbons (Fsp3) is 0.381. The Labute approximate surface area is 193 Å². The van der Waals surface area contributed by atoms with E-state index in [1.807, 2.05) is 12.1 Å². The fourth-order valence-electron chi connectivity index (χ4n) is 3.43. The number of nitrogens with one attached hydrogen (secondary N) is 2. The lowest BCUT2D eigenvalue weighted by Gasteiger charge is -2.37. The Morgan fingerprint density at radius 3 is 2.63 bits per heavy atom. The number of H-pyrrole nitrogens is 1. The molecule has 0 unspecified atom stereocenters. The lowest BCUT2D eigenvalue weighted by atomic mass is 10.2. The fourth-order valence-corrected chi connectivity index (χ4v) is 3.43. The molecule has 30 heavy (non-hydrogen) atoms. The minimum absolute atomic E-state index is 0. The summed E-state index contributed by atoms with van der Waals surface area (Å²) in [5, 5.41) is 10.6. The van der Waals surface area contributed by atoms with E-state index >= 15 is 0 Å². The predicted octanol–water partition coefficient (Wildman–Crippen LogP) is 3.01. The summed E-state index contributed by atoms with van der Waals surface area (Å²) in [5.74, 6) is 3.02. The topological polar surface area (TPSA) is 85.6 Å². The molecular weight excluding hydrogens is 493 g/mol. The molecule has 2 N–H and O–H groups in total. The summed E-state index contributed by atoms with van der Waals surface area (Å²) in [4.78, 5) is 14.0. The first-order chi connectivity index (χ1) is 14.3. The standard InChI is InChI=1S/C21H27N7O.HI/c1-2-22-21(28-14-12-27(13-15-28)17-7-4-3-5-8-17)23-11-10-19-24-20(26-25-19)18-9-6-16-29-18;/h3-9,16H,2,10-15H2,1H3,(H,22,23)(H,24,25,26);1H. The zero-order valence-electron chi connectivity index (χ0n) is 17.1. The van der Waals surface area contributed by atoms with Crippen molar-refractivity contribution in [3.63, 3.8) is 0 Å². The van der Waals surface area contributed by atoms with Crippen LogP contribution in [0.25, 0.3) is 11.6 Å². The molecule has 0 amide bonds. The molecule has 9 heteroatoms. The molecule has 4 rings (SSSR count). The number of aromatic nitrogens is 3. The lowest BCUT2D eigenvalue weighted by molar-refractivity contribution is 0.372. The van der Waals surface area contributed by atoms with E-state index in [4.69, 9.17) is 9.41 Å². The number of nitrogens with zero attached hydrogens (tertiary/aromatic N) is 5. The molecule has 3 heterocycles. The highest BCUT2D eigenvalue weighted by Gasteiger charge is 2.19. The first-order valence-corrected chi connectivity index (χ1v) is 10.1. The van der Waals surface area contributed by atoms with Crippen LogP contribution in [0.2, 0.25) is 0 Å². The second kappa shape index (κ2) is 11.0. The van der Waals surface area contributed by atoms with Gasteiger partial charge in [-0.05, 0) is 31.2 Å². The van der Waals surface area contributed by atoms with Gasteiger partial charge in [-0.15, -0.1) is 24.0 Å². The largest absolute Gasteiger partial charge is 0.461 e. The monoisotopic (exact) mass is 521 g/mol. The molecule has 0 radical (unpaired) electrons. The van der Waals surface area contributed by atoms with Gasteiger partial charge in [-0.2, -0.15) is 5.10 Å². The molecule has 1 aliphatic heterocycles. The third-order valence-corrected chi connectivity index (χ3v) is 4.92. The van der Waals surface area contributed by atoms with Crippen LogP contribution in [0.5, 0.6) is 0 Å². The number of aromatic amines is 1. The smallest absolute Gasteiger partial charge is 0.216 e. The minimum Gasteiger partial charge on any atom is -0.461 e. The van der Waals surface area contributed by atoms with Crippen molar-refractivity contribution >= 4 is 35.6 Å². The Morgan fingerprint density at radius 2 is 1.93 bits per heavy atom. The van der Waals surface area contributed by atoms with Crippen molar-refractivity contribution in [3.8, 4) is 11.6 Å². The van der Waals surface area contributed by atoms with Crippen molar-refractivity contribution in [2.75, 3.05) is 44.2 Å². The summed E-state index contributed by atoms with van der Waals surface area (Å²) in [7, 11) is 0. The molecule has 1 fully saturated rings. The van der Waals surface area contributed by atoms with Gasteiger partial charge in [0, 0.05) is 51.4 Å². The number of halogens is 1. The van der Waals surface area contributed by atoms with E-state index in [0.717, 1.165) is 44.5 Å². The van der Waals surface area contributed by atoms with E-state index in [0.29, 0.717) is 24.6 Å². The molecule has 0 atom stereocenters. The zero-order valence-corrected chi connectivity index (χ0v) is 19.5. The van der Waals surface area contributed by atoms with Crippen molar-refractivity contribution in [2.45, 2.75) is 13.3 Å². The summed E-state index contributed by atoms with van der Waals surface area (Å²) in [6.07, 6.45) is 2.32. The molecule has 1 aliphatic rings. The SMILES string of the molecule is CCNC(=NCCc1nc(-c2ccco2)n[nH]1)N1CCN(c2ccccc2)CC1.I. The molecule has 0 saturated carbocycles. The second-order valence-electron chi connectivity index (χ2n) is 6.88. The summed E-state index contributed by atoms with van der Waals surface area (Å²) in [5.41, 5.74) is 1.28. The number of hydrogen-bond donors (Lipinski definition) is 2. The van der Waals surface area contributed by atoms with Crippen molar-refractivity contribution < 1.29 is 4.42 Å². The molecule has 8 nitrogen and oxygen atoms in total. The first-order valence-electron chi connectivity index (χ1n) is 10.1. The second-order valence-corrected chi connectivity index (χ2v) is 6.88. The maximum Gasteiger partial charge on any atom is 0.216 e. The Balaban J connectivity index is 0.00000256. The molecule has 0 spiro atoms.